The molecule has 1 atom stereocenters. The van der Waals surface area contributed by atoms with Gasteiger partial charge in [-0.3, -0.25) is 4.79 Å². The number of carbonyl (C=O) groups excluding carboxylic acids is 1. The Labute approximate surface area is 114 Å². The molecule has 5 nitrogen and oxygen atoms in total. The third-order valence-corrected chi connectivity index (χ3v) is 4.14. The number of carbonyl (C=O) groups is 1. The molecule has 2 heterocycles. The number of aromatic nitrogens is 1. The Morgan fingerprint density at radius 3 is 2.84 bits per heavy atom. The van der Waals surface area contributed by atoms with E-state index in [9.17, 15) is 4.79 Å². The van der Waals surface area contributed by atoms with Gasteiger partial charge in [0.1, 0.15) is 11.5 Å². The highest BCUT2D eigenvalue weighted by Gasteiger charge is 2.45. The average molecular weight is 265 g/mol. The predicted octanol–water partition coefficient (Wildman–Crippen LogP) is 1.58. The van der Waals surface area contributed by atoms with Crippen molar-refractivity contribution in [2.45, 2.75) is 33.7 Å². The van der Waals surface area contributed by atoms with Crippen LogP contribution in [0.5, 0.6) is 0 Å². The summed E-state index contributed by atoms with van der Waals surface area (Å²) in [5.74, 6) is 1.31. The minimum absolute atomic E-state index is 0.202. The SMILES string of the molecule is Cc1cc(CN(C)C(=O)C2(C(C)C)CCNC2)no1. The first-order valence-electron chi connectivity index (χ1n) is 6.84. The molecule has 0 radical (unpaired) electrons. The van der Waals surface area contributed by atoms with Crippen LogP contribution in [0.1, 0.15) is 31.7 Å². The molecular weight excluding hydrogens is 242 g/mol. The summed E-state index contributed by atoms with van der Waals surface area (Å²) in [6.45, 7) is 8.30. The molecule has 1 saturated heterocycles. The van der Waals surface area contributed by atoms with E-state index in [1.165, 1.54) is 0 Å². The summed E-state index contributed by atoms with van der Waals surface area (Å²) in [7, 11) is 1.84. The smallest absolute Gasteiger partial charge is 0.230 e. The van der Waals surface area contributed by atoms with Crippen LogP contribution in [0.3, 0.4) is 0 Å². The molecule has 106 valence electrons. The van der Waals surface area contributed by atoms with Crippen LogP contribution in [0.2, 0.25) is 0 Å². The van der Waals surface area contributed by atoms with E-state index in [0.717, 1.165) is 31.0 Å². The van der Waals surface area contributed by atoms with Crippen molar-refractivity contribution in [1.82, 2.24) is 15.4 Å². The molecule has 1 aromatic heterocycles. The monoisotopic (exact) mass is 265 g/mol. The number of nitrogens with zero attached hydrogens (tertiary/aromatic N) is 2. The number of aryl methyl sites for hydroxylation is 1. The van der Waals surface area contributed by atoms with Crippen LogP contribution in [-0.2, 0) is 11.3 Å². The lowest BCUT2D eigenvalue weighted by Crippen LogP contribution is -2.46. The largest absolute Gasteiger partial charge is 0.361 e. The van der Waals surface area contributed by atoms with Crippen LogP contribution in [-0.4, -0.2) is 36.1 Å². The summed E-state index contributed by atoms with van der Waals surface area (Å²) in [6.07, 6.45) is 0.908. The molecule has 0 saturated carbocycles. The van der Waals surface area contributed by atoms with Crippen molar-refractivity contribution < 1.29 is 9.32 Å². The first-order valence-corrected chi connectivity index (χ1v) is 6.84. The molecule has 1 aliphatic heterocycles. The number of hydrogen-bond donors (Lipinski definition) is 1. The first kappa shape index (κ1) is 14.1. The summed E-state index contributed by atoms with van der Waals surface area (Å²) >= 11 is 0. The number of nitrogens with one attached hydrogen (secondary N) is 1. The second-order valence-corrected chi connectivity index (χ2v) is 5.83. The minimum Gasteiger partial charge on any atom is -0.361 e. The van der Waals surface area contributed by atoms with Gasteiger partial charge in [0.05, 0.1) is 12.0 Å². The summed E-state index contributed by atoms with van der Waals surface area (Å²) < 4.78 is 5.04. The zero-order valence-electron chi connectivity index (χ0n) is 12.2. The first-order chi connectivity index (χ1) is 8.95. The van der Waals surface area contributed by atoms with Gasteiger partial charge in [-0.25, -0.2) is 0 Å². The normalized spacial score (nSPS) is 23.0. The van der Waals surface area contributed by atoms with Crippen LogP contribution < -0.4 is 5.32 Å². The zero-order chi connectivity index (χ0) is 14.0. The third kappa shape index (κ3) is 2.66. The summed E-state index contributed by atoms with van der Waals surface area (Å²) in [5, 5.41) is 7.26. The maximum absolute atomic E-state index is 12.7. The van der Waals surface area contributed by atoms with Crippen molar-refractivity contribution in [3.05, 3.63) is 17.5 Å². The Morgan fingerprint density at radius 2 is 2.37 bits per heavy atom. The van der Waals surface area contributed by atoms with Crippen LogP contribution >= 0.6 is 0 Å². The highest BCUT2D eigenvalue weighted by atomic mass is 16.5. The molecule has 0 aromatic carbocycles. The maximum atomic E-state index is 12.7. The molecule has 1 N–H and O–H groups in total. The van der Waals surface area contributed by atoms with E-state index in [0.29, 0.717) is 12.5 Å². The Morgan fingerprint density at radius 1 is 1.63 bits per heavy atom. The zero-order valence-corrected chi connectivity index (χ0v) is 12.2. The van der Waals surface area contributed by atoms with Gasteiger partial charge in [0.15, 0.2) is 0 Å². The fourth-order valence-corrected chi connectivity index (χ4v) is 2.82. The Bertz CT molecular complexity index is 447. The van der Waals surface area contributed by atoms with E-state index < -0.39 is 0 Å². The minimum atomic E-state index is -0.270. The predicted molar refractivity (Wildman–Crippen MR) is 72.5 cm³/mol. The van der Waals surface area contributed by atoms with Gasteiger partial charge in [0.25, 0.3) is 0 Å². The van der Waals surface area contributed by atoms with Gasteiger partial charge in [-0.1, -0.05) is 19.0 Å². The number of rotatable bonds is 4. The van der Waals surface area contributed by atoms with Crippen LogP contribution in [0.4, 0.5) is 0 Å². The van der Waals surface area contributed by atoms with Gasteiger partial charge in [-0.15, -0.1) is 0 Å². The lowest BCUT2D eigenvalue weighted by atomic mass is 9.75. The Hall–Kier alpha value is -1.36. The van der Waals surface area contributed by atoms with Crippen molar-refractivity contribution in [1.29, 1.82) is 0 Å². The van der Waals surface area contributed by atoms with Crippen molar-refractivity contribution in [3.63, 3.8) is 0 Å². The molecule has 0 bridgehead atoms. The van der Waals surface area contributed by atoms with Crippen molar-refractivity contribution in [3.8, 4) is 0 Å². The van der Waals surface area contributed by atoms with E-state index in [2.05, 4.69) is 24.3 Å². The van der Waals surface area contributed by atoms with Gasteiger partial charge < -0.3 is 14.7 Å². The highest BCUT2D eigenvalue weighted by molar-refractivity contribution is 5.83. The van der Waals surface area contributed by atoms with Gasteiger partial charge in [0, 0.05) is 19.7 Å². The fraction of sp³-hybridized carbons (Fsp3) is 0.714. The van der Waals surface area contributed by atoms with Gasteiger partial charge in [0.2, 0.25) is 5.91 Å². The fourth-order valence-electron chi connectivity index (χ4n) is 2.82. The molecule has 1 fully saturated rings. The second kappa shape index (κ2) is 5.33. The average Bonchev–Trinajstić information content (AvgIpc) is 2.98. The van der Waals surface area contributed by atoms with Crippen LogP contribution in [0.15, 0.2) is 10.6 Å². The molecule has 1 aromatic rings. The molecule has 19 heavy (non-hydrogen) atoms. The van der Waals surface area contributed by atoms with Crippen molar-refractivity contribution in [2.24, 2.45) is 11.3 Å². The molecule has 2 rings (SSSR count). The summed E-state index contributed by atoms with van der Waals surface area (Å²) in [6, 6.07) is 1.87. The molecule has 1 unspecified atom stereocenters. The molecule has 1 amide bonds. The van der Waals surface area contributed by atoms with Crippen LogP contribution in [0.25, 0.3) is 0 Å². The molecule has 5 heteroatoms. The lowest BCUT2D eigenvalue weighted by molar-refractivity contribution is -0.143. The van der Waals surface area contributed by atoms with Gasteiger partial charge in [-0.05, 0) is 25.8 Å². The molecule has 0 spiro atoms. The summed E-state index contributed by atoms with van der Waals surface area (Å²) in [4.78, 5) is 14.5. The Balaban J connectivity index is 2.09. The quantitative estimate of drug-likeness (QED) is 0.898. The van der Waals surface area contributed by atoms with E-state index in [1.54, 1.807) is 4.90 Å². The van der Waals surface area contributed by atoms with E-state index in [-0.39, 0.29) is 11.3 Å². The highest BCUT2D eigenvalue weighted by Crippen LogP contribution is 2.36. The van der Waals surface area contributed by atoms with E-state index >= 15 is 0 Å². The van der Waals surface area contributed by atoms with Gasteiger partial charge in [-0.2, -0.15) is 0 Å². The van der Waals surface area contributed by atoms with Crippen LogP contribution in [0, 0.1) is 18.3 Å². The number of hydrogen-bond acceptors (Lipinski definition) is 4. The maximum Gasteiger partial charge on any atom is 0.230 e. The third-order valence-electron chi connectivity index (χ3n) is 4.14. The van der Waals surface area contributed by atoms with E-state index in [4.69, 9.17) is 4.52 Å². The van der Waals surface area contributed by atoms with Crippen molar-refractivity contribution >= 4 is 5.91 Å². The molecular formula is C14H23N3O2. The standard InChI is InChI=1S/C14H23N3O2/c1-10(2)14(5-6-15-9-14)13(18)17(4)8-12-7-11(3)19-16-12/h7,10,15H,5-6,8-9H2,1-4H3. The van der Waals surface area contributed by atoms with Crippen molar-refractivity contribution in [2.75, 3.05) is 20.1 Å². The molecule has 1 aliphatic rings. The van der Waals surface area contributed by atoms with E-state index in [1.807, 2.05) is 20.0 Å². The Kier molecular flexibility index (Phi) is 3.94. The van der Waals surface area contributed by atoms with Gasteiger partial charge >= 0.3 is 0 Å². The summed E-state index contributed by atoms with van der Waals surface area (Å²) in [5.41, 5.74) is 0.534. The second-order valence-electron chi connectivity index (χ2n) is 5.83. The number of amides is 1. The topological polar surface area (TPSA) is 58.4 Å². The molecule has 0 aliphatic carbocycles. The lowest BCUT2D eigenvalue weighted by Gasteiger charge is -2.34.